The van der Waals surface area contributed by atoms with E-state index >= 15 is 0 Å². The molecule has 2 heterocycles. The van der Waals surface area contributed by atoms with Gasteiger partial charge in [0.15, 0.2) is 6.54 Å². The van der Waals surface area contributed by atoms with E-state index in [1.54, 1.807) is 5.57 Å². The number of hydrogen-bond acceptors (Lipinski definition) is 3. The third kappa shape index (κ3) is 11.3. The third-order valence-electron chi connectivity index (χ3n) is 13.6. The Balaban J connectivity index is 1.05. The van der Waals surface area contributed by atoms with Crippen LogP contribution in [0.15, 0.2) is 142 Å². The smallest absolute Gasteiger partial charge is 0.263 e. The molecule has 8 rings (SSSR count). The summed E-state index contributed by atoms with van der Waals surface area (Å²) in [6, 6.07) is 36.6. The lowest BCUT2D eigenvalue weighted by Crippen LogP contribution is -2.35. The molecule has 0 saturated heterocycles. The number of anilines is 1. The highest BCUT2D eigenvalue weighted by molar-refractivity contribution is 8.03. The molecule has 3 aliphatic rings. The Morgan fingerprint density at radius 1 is 0.645 bits per heavy atom. The molecule has 5 aromatic rings. The van der Waals surface area contributed by atoms with Gasteiger partial charge in [-0.05, 0) is 121 Å². The van der Waals surface area contributed by atoms with E-state index in [-0.39, 0.29) is 0 Å². The van der Waals surface area contributed by atoms with Gasteiger partial charge in [0, 0.05) is 29.5 Å². The summed E-state index contributed by atoms with van der Waals surface area (Å²) < 4.78 is 4.04. The normalized spacial score (nSPS) is 18.0. The third-order valence-corrected chi connectivity index (χ3v) is 15.8. The van der Waals surface area contributed by atoms with Gasteiger partial charge in [-0.1, -0.05) is 193 Å². The van der Waals surface area contributed by atoms with E-state index in [9.17, 15) is 0 Å². The number of fused-ring (bicyclic) bond motifs is 3. The zero-order valence-corrected chi connectivity index (χ0v) is 39.7. The minimum Gasteiger partial charge on any atom is -0.332 e. The van der Waals surface area contributed by atoms with Gasteiger partial charge in [0.1, 0.15) is 4.70 Å². The maximum absolute atomic E-state index is 2.68. The highest BCUT2D eigenvalue weighted by Gasteiger charge is 2.31. The molecule has 0 spiro atoms. The van der Waals surface area contributed by atoms with Crippen LogP contribution in [0, 0.1) is 5.92 Å². The van der Waals surface area contributed by atoms with Gasteiger partial charge in [0.05, 0.1) is 10.7 Å². The summed E-state index contributed by atoms with van der Waals surface area (Å²) in [4.78, 5) is 4.08. The number of thioether (sulfide) groups is 1. The van der Waals surface area contributed by atoms with E-state index in [1.165, 1.54) is 180 Å². The maximum atomic E-state index is 2.68. The first kappa shape index (κ1) is 44.5. The average Bonchev–Trinajstić information content (AvgIpc) is 3.84. The average molecular weight is 860 g/mol. The van der Waals surface area contributed by atoms with Crippen molar-refractivity contribution < 1.29 is 4.57 Å². The molecule has 1 aromatic heterocycles. The molecule has 1 aliphatic heterocycles. The minimum absolute atomic E-state index is 0.465. The van der Waals surface area contributed by atoms with Crippen molar-refractivity contribution in [1.82, 2.24) is 0 Å². The van der Waals surface area contributed by atoms with E-state index in [0.29, 0.717) is 12.0 Å². The van der Waals surface area contributed by atoms with Crippen LogP contribution < -0.4 is 9.47 Å². The van der Waals surface area contributed by atoms with Crippen LogP contribution in [0.25, 0.3) is 38.5 Å². The molecule has 0 bridgehead atoms. The van der Waals surface area contributed by atoms with Gasteiger partial charge in [-0.3, -0.25) is 0 Å². The van der Waals surface area contributed by atoms with Crippen LogP contribution in [0.4, 0.5) is 5.69 Å². The van der Waals surface area contributed by atoms with Crippen LogP contribution in [0.5, 0.6) is 0 Å². The first-order chi connectivity index (χ1) is 30.6. The van der Waals surface area contributed by atoms with Crippen molar-refractivity contribution in [2.24, 2.45) is 5.92 Å². The first-order valence-electron chi connectivity index (χ1n) is 24.6. The second kappa shape index (κ2) is 22.5. The molecule has 2 nitrogen and oxygen atoms in total. The molecule has 62 heavy (non-hydrogen) atoms. The van der Waals surface area contributed by atoms with Crippen LogP contribution in [0.1, 0.15) is 148 Å². The van der Waals surface area contributed by atoms with Crippen LogP contribution in [-0.4, -0.2) is 6.04 Å². The lowest BCUT2D eigenvalue weighted by Gasteiger charge is -2.30. The van der Waals surface area contributed by atoms with Crippen molar-refractivity contribution >= 4 is 45.1 Å². The van der Waals surface area contributed by atoms with Crippen molar-refractivity contribution in [2.45, 2.75) is 160 Å². The number of allylic oxidation sites excluding steroid dienone is 6. The van der Waals surface area contributed by atoms with Crippen molar-refractivity contribution in [2.75, 3.05) is 4.90 Å². The Morgan fingerprint density at radius 2 is 1.27 bits per heavy atom. The van der Waals surface area contributed by atoms with Gasteiger partial charge in [0.25, 0.3) is 5.01 Å². The predicted octanol–water partition coefficient (Wildman–Crippen LogP) is 17.7. The minimum atomic E-state index is 0.465. The molecule has 2 atom stereocenters. The molecule has 324 valence electrons. The predicted molar refractivity (Wildman–Crippen MR) is 272 cm³/mol. The molecule has 0 amide bonds. The van der Waals surface area contributed by atoms with Gasteiger partial charge in [-0.2, -0.15) is 4.57 Å². The number of aryl methyl sites for hydroxylation is 1. The number of nitrogens with zero attached hydrogens (tertiary/aromatic N) is 2. The van der Waals surface area contributed by atoms with Gasteiger partial charge in [0.2, 0.25) is 5.52 Å². The Hall–Kier alpha value is -4.12. The number of rotatable bonds is 21. The van der Waals surface area contributed by atoms with Crippen molar-refractivity contribution in [3.8, 4) is 22.3 Å². The first-order valence-corrected chi connectivity index (χ1v) is 26.2. The zero-order valence-electron chi connectivity index (χ0n) is 38.1. The lowest BCUT2D eigenvalue weighted by atomic mass is 9.77. The highest BCUT2D eigenvalue weighted by atomic mass is 32.2. The number of benzene rings is 4. The Morgan fingerprint density at radius 3 is 1.98 bits per heavy atom. The molecule has 0 fully saturated rings. The largest absolute Gasteiger partial charge is 0.332 e. The van der Waals surface area contributed by atoms with E-state index in [4.69, 9.17) is 0 Å². The zero-order chi connectivity index (χ0) is 42.5. The quantitative estimate of drug-likeness (QED) is 0.0536. The van der Waals surface area contributed by atoms with Crippen molar-refractivity contribution in [3.63, 3.8) is 0 Å². The van der Waals surface area contributed by atoms with Crippen LogP contribution >= 0.6 is 23.1 Å². The molecule has 2 unspecified atom stereocenters. The Labute approximate surface area is 383 Å². The summed E-state index contributed by atoms with van der Waals surface area (Å²) in [7, 11) is 0. The van der Waals surface area contributed by atoms with Crippen molar-refractivity contribution in [1.29, 1.82) is 0 Å². The van der Waals surface area contributed by atoms with Gasteiger partial charge in [-0.25, -0.2) is 0 Å². The van der Waals surface area contributed by atoms with Crippen LogP contribution in [-0.2, 0) is 6.54 Å². The topological polar surface area (TPSA) is 7.12 Å². The summed E-state index contributed by atoms with van der Waals surface area (Å²) in [5.41, 5.74) is 12.5. The second-order valence-electron chi connectivity index (χ2n) is 18.4. The fourth-order valence-electron chi connectivity index (χ4n) is 10.00. The standard InChI is InChI=1S/C58H71N2S2/c1-4-6-8-10-12-13-15-23-37-59-53-35-33-50(47-25-19-16-20-26-47)42-55(53)61-57(59)40-45-29-31-49-32-30-46(39-52(49)38-45)41-58-60(44(3)24-18-14-11-9-7-5-2)54-36-34-51(43-56(54)62-58)48-27-21-17-22-28-48/h16-17,19-22,25-28,33-36,38-44,49H,4-15,18,23-24,29-32,37H2,1-3H3/q+1. The van der Waals surface area contributed by atoms with E-state index in [2.05, 4.69) is 152 Å². The summed E-state index contributed by atoms with van der Waals surface area (Å²) in [6.07, 6.45) is 35.2. The molecule has 4 heteroatoms. The lowest BCUT2D eigenvalue weighted by molar-refractivity contribution is -0.669. The summed E-state index contributed by atoms with van der Waals surface area (Å²) >= 11 is 3.97. The van der Waals surface area contributed by atoms with E-state index in [1.807, 2.05) is 23.1 Å². The molecular weight excluding hydrogens is 789 g/mol. The monoisotopic (exact) mass is 860 g/mol. The molecule has 0 saturated carbocycles. The summed E-state index contributed by atoms with van der Waals surface area (Å²) in [5.74, 6) is 0.666. The molecule has 2 aliphatic carbocycles. The van der Waals surface area contributed by atoms with E-state index in [0.717, 1.165) is 13.0 Å². The summed E-state index contributed by atoms with van der Waals surface area (Å²) in [5, 5.41) is 2.81. The van der Waals surface area contributed by atoms with Gasteiger partial charge >= 0.3 is 0 Å². The van der Waals surface area contributed by atoms with Crippen LogP contribution in [0.2, 0.25) is 0 Å². The molecule has 0 N–H and O–H groups in total. The molecule has 4 aromatic carbocycles. The maximum Gasteiger partial charge on any atom is 0.263 e. The van der Waals surface area contributed by atoms with Gasteiger partial charge in [-0.15, -0.1) is 0 Å². The number of aromatic nitrogens is 1. The highest BCUT2D eigenvalue weighted by Crippen LogP contribution is 2.50. The van der Waals surface area contributed by atoms with Gasteiger partial charge < -0.3 is 4.90 Å². The Bertz CT molecular complexity index is 2350. The van der Waals surface area contributed by atoms with Crippen molar-refractivity contribution in [3.05, 3.63) is 142 Å². The van der Waals surface area contributed by atoms with E-state index < -0.39 is 0 Å². The Kier molecular flexibility index (Phi) is 16.1. The molecular formula is C58H71N2S2+. The fraction of sp³-hybridized carbons (Fsp3) is 0.431. The number of thiazole rings is 1. The SMILES string of the molecule is CCCCCCCCCC[n+]1c(/C=C2/C=C3C=C(/C=C4/Sc5cc(-c6ccccc6)ccc5N4C(C)CCCCCCCC)CCC3CC2)sc2cc(-c3ccccc3)ccc21. The molecule has 0 radical (unpaired) electrons. The summed E-state index contributed by atoms with van der Waals surface area (Å²) in [6.45, 7) is 8.18. The number of unbranched alkanes of at least 4 members (excludes halogenated alkanes) is 12. The fourth-order valence-corrected chi connectivity index (χ4v) is 12.5. The number of hydrogen-bond donors (Lipinski definition) is 0. The second-order valence-corrected chi connectivity index (χ2v) is 20.5. The van der Waals surface area contributed by atoms with Crippen LogP contribution in [0.3, 0.4) is 0 Å².